The van der Waals surface area contributed by atoms with Crippen molar-refractivity contribution in [3.63, 3.8) is 0 Å². The van der Waals surface area contributed by atoms with Gasteiger partial charge in [0.2, 0.25) is 0 Å². The molecule has 2 heterocycles. The Balaban J connectivity index is 0.000000605. The van der Waals surface area contributed by atoms with E-state index in [4.69, 9.17) is 0 Å². The molecule has 0 aromatic carbocycles. The topological polar surface area (TPSA) is 17.8 Å². The van der Waals surface area contributed by atoms with E-state index in [1.807, 2.05) is 23.7 Å². The fourth-order valence-corrected chi connectivity index (χ4v) is 1.31. The molecule has 60 valence electrons. The Labute approximate surface area is 83.1 Å². The Bertz CT molecular complexity index is 256. The molecule has 0 saturated carbocycles. The van der Waals surface area contributed by atoms with Crippen LogP contribution in [-0.4, -0.2) is 9.78 Å². The third kappa shape index (κ3) is 1.79. The molecule has 0 unspecified atom stereocenters. The van der Waals surface area contributed by atoms with Crippen LogP contribution in [-0.2, 0) is 21.1 Å². The summed E-state index contributed by atoms with van der Waals surface area (Å²) in [4.78, 5) is 0. The molecule has 0 aliphatic rings. The molecule has 0 atom stereocenters. The summed E-state index contributed by atoms with van der Waals surface area (Å²) in [6.45, 7) is 0. The molecule has 0 N–H and O–H groups in total. The van der Waals surface area contributed by atoms with Crippen molar-refractivity contribution in [3.8, 4) is 5.69 Å². The zero-order chi connectivity index (χ0) is 6.81. The molecule has 0 aliphatic heterocycles. The minimum absolute atomic E-state index is 0. The van der Waals surface area contributed by atoms with Gasteiger partial charge in [-0.05, 0) is 11.8 Å². The second-order valence-electron chi connectivity index (χ2n) is 1.86. The van der Waals surface area contributed by atoms with Gasteiger partial charge in [0, 0.05) is 33.5 Å². The van der Waals surface area contributed by atoms with Crippen LogP contribution >= 0.6 is 11.3 Å². The van der Waals surface area contributed by atoms with Gasteiger partial charge in [0.25, 0.3) is 0 Å². The summed E-state index contributed by atoms with van der Waals surface area (Å²) in [7, 11) is 0. The van der Waals surface area contributed by atoms with Gasteiger partial charge in [0.1, 0.15) is 0 Å². The Morgan fingerprint density at radius 3 is 3.00 bits per heavy atom. The fourth-order valence-electron chi connectivity index (χ4n) is 0.761. The van der Waals surface area contributed by atoms with E-state index in [0.717, 1.165) is 5.69 Å². The summed E-state index contributed by atoms with van der Waals surface area (Å²) in [6, 6.07) is 3.88. The molecule has 4 heteroatoms. The fraction of sp³-hybridized carbons (Fsp3) is 0. The predicted octanol–water partition coefficient (Wildman–Crippen LogP) is 1.73. The van der Waals surface area contributed by atoms with Gasteiger partial charge in [0.05, 0.1) is 0 Å². The molecular formula is C7H5N2PtS-. The number of hydrogen-bond donors (Lipinski definition) is 0. The SMILES string of the molecule is [Pt].[c-]1sccc1-n1cccn1. The normalized spacial score (nSPS) is 9.09. The van der Waals surface area contributed by atoms with Gasteiger partial charge in [0.15, 0.2) is 0 Å². The van der Waals surface area contributed by atoms with Gasteiger partial charge in [-0.15, -0.1) is 0 Å². The first kappa shape index (κ1) is 8.69. The van der Waals surface area contributed by atoms with Gasteiger partial charge in [-0.1, -0.05) is 5.38 Å². The minimum Gasteiger partial charge on any atom is -0.302 e. The van der Waals surface area contributed by atoms with Crippen molar-refractivity contribution >= 4 is 11.3 Å². The second kappa shape index (κ2) is 3.84. The van der Waals surface area contributed by atoms with Crippen LogP contribution in [0.3, 0.4) is 0 Å². The first-order valence-corrected chi connectivity index (χ1v) is 3.80. The van der Waals surface area contributed by atoms with Crippen LogP contribution in [0.25, 0.3) is 5.69 Å². The zero-order valence-electron chi connectivity index (χ0n) is 5.51. The predicted molar refractivity (Wildman–Crippen MR) is 40.3 cm³/mol. The molecule has 2 aromatic heterocycles. The van der Waals surface area contributed by atoms with Crippen LogP contribution in [0.15, 0.2) is 29.9 Å². The maximum Gasteiger partial charge on any atom is 0.0493 e. The van der Waals surface area contributed by atoms with Crippen molar-refractivity contribution in [2.45, 2.75) is 0 Å². The van der Waals surface area contributed by atoms with E-state index < -0.39 is 0 Å². The number of nitrogens with zero attached hydrogens (tertiary/aromatic N) is 2. The average Bonchev–Trinajstić information content (AvgIpc) is 2.59. The first-order chi connectivity index (χ1) is 4.97. The third-order valence-corrected chi connectivity index (χ3v) is 1.81. The van der Waals surface area contributed by atoms with Crippen molar-refractivity contribution in [3.05, 3.63) is 35.3 Å². The minimum atomic E-state index is 0. The molecule has 11 heavy (non-hydrogen) atoms. The van der Waals surface area contributed by atoms with Crippen molar-refractivity contribution in [2.24, 2.45) is 0 Å². The third-order valence-electron chi connectivity index (χ3n) is 1.21. The van der Waals surface area contributed by atoms with Crippen molar-refractivity contribution in [2.75, 3.05) is 0 Å². The van der Waals surface area contributed by atoms with Gasteiger partial charge in [-0.2, -0.15) is 16.5 Å². The van der Waals surface area contributed by atoms with Crippen LogP contribution in [0.1, 0.15) is 0 Å². The van der Waals surface area contributed by atoms with E-state index in [0.29, 0.717) is 0 Å². The summed E-state index contributed by atoms with van der Waals surface area (Å²) in [6.07, 6.45) is 3.66. The summed E-state index contributed by atoms with van der Waals surface area (Å²) < 4.78 is 1.79. The first-order valence-electron chi connectivity index (χ1n) is 2.92. The van der Waals surface area contributed by atoms with Crippen molar-refractivity contribution < 1.29 is 21.1 Å². The molecule has 0 saturated heterocycles. The molecule has 0 aliphatic carbocycles. The van der Waals surface area contributed by atoms with Gasteiger partial charge >= 0.3 is 0 Å². The summed E-state index contributed by atoms with van der Waals surface area (Å²) in [5.41, 5.74) is 1.01. The Morgan fingerprint density at radius 2 is 2.45 bits per heavy atom. The zero-order valence-corrected chi connectivity index (χ0v) is 8.59. The quantitative estimate of drug-likeness (QED) is 0.721. The second-order valence-corrected chi connectivity index (χ2v) is 2.57. The Kier molecular flexibility index (Phi) is 3.03. The van der Waals surface area contributed by atoms with Crippen molar-refractivity contribution in [1.29, 1.82) is 0 Å². The van der Waals surface area contributed by atoms with Crippen LogP contribution in [0.4, 0.5) is 0 Å². The van der Waals surface area contributed by atoms with Crippen LogP contribution < -0.4 is 0 Å². The number of rotatable bonds is 1. The number of hydrogen-bond acceptors (Lipinski definition) is 2. The molecule has 2 aromatic rings. The molecule has 2 nitrogen and oxygen atoms in total. The summed E-state index contributed by atoms with van der Waals surface area (Å²) >= 11 is 1.55. The smallest absolute Gasteiger partial charge is 0.0493 e. The van der Waals surface area contributed by atoms with E-state index in [2.05, 4.69) is 10.5 Å². The molecular weight excluding hydrogens is 339 g/mol. The summed E-state index contributed by atoms with van der Waals surface area (Å²) in [5, 5.41) is 9.12. The molecule has 0 fully saturated rings. The Hall–Kier alpha value is -0.402. The van der Waals surface area contributed by atoms with Crippen LogP contribution in [0.5, 0.6) is 0 Å². The maximum atomic E-state index is 4.05. The maximum absolute atomic E-state index is 4.05. The van der Waals surface area contributed by atoms with E-state index in [1.54, 1.807) is 22.2 Å². The van der Waals surface area contributed by atoms with Crippen molar-refractivity contribution in [1.82, 2.24) is 9.78 Å². The number of thiophene rings is 1. The monoisotopic (exact) mass is 344 g/mol. The number of aromatic nitrogens is 2. The Morgan fingerprint density at radius 1 is 1.55 bits per heavy atom. The average molecular weight is 344 g/mol. The van der Waals surface area contributed by atoms with E-state index in [1.165, 1.54) is 0 Å². The van der Waals surface area contributed by atoms with Crippen LogP contribution in [0, 0.1) is 5.38 Å². The van der Waals surface area contributed by atoms with Gasteiger partial charge < -0.3 is 11.3 Å². The van der Waals surface area contributed by atoms with E-state index >= 15 is 0 Å². The molecule has 0 spiro atoms. The molecule has 2 rings (SSSR count). The van der Waals surface area contributed by atoms with E-state index in [-0.39, 0.29) is 21.1 Å². The molecule has 0 radical (unpaired) electrons. The van der Waals surface area contributed by atoms with Crippen LogP contribution in [0.2, 0.25) is 0 Å². The van der Waals surface area contributed by atoms with Gasteiger partial charge in [-0.25, -0.2) is 0 Å². The van der Waals surface area contributed by atoms with E-state index in [9.17, 15) is 0 Å². The summed E-state index contributed by atoms with van der Waals surface area (Å²) in [5.74, 6) is 0. The standard InChI is InChI=1S/C7H5N2S.Pt/c1-3-8-9(4-1)7-2-5-10-6-7;/h1-5H;/q-1;. The largest absolute Gasteiger partial charge is 0.302 e. The van der Waals surface area contributed by atoms with Gasteiger partial charge in [-0.3, -0.25) is 4.68 Å². The molecule has 0 amide bonds. The molecule has 0 bridgehead atoms.